The minimum atomic E-state index is -2.78. The molecule has 0 saturated carbocycles. The molecule has 1 aromatic carbocycles. The Morgan fingerprint density at radius 2 is 2.08 bits per heavy atom. The second-order valence-electron chi connectivity index (χ2n) is 2.40. The first kappa shape index (κ1) is 10.3. The first-order chi connectivity index (χ1) is 6.11. The van der Waals surface area contributed by atoms with Gasteiger partial charge in [0, 0.05) is 4.90 Å². The summed E-state index contributed by atoms with van der Waals surface area (Å²) in [4.78, 5) is 0.864. The van der Waals surface area contributed by atoms with Crippen LogP contribution in [0.25, 0.3) is 0 Å². The van der Waals surface area contributed by atoms with E-state index in [1.54, 1.807) is 6.07 Å². The first-order valence-electron chi connectivity index (χ1n) is 3.57. The van der Waals surface area contributed by atoms with Crippen LogP contribution in [0.15, 0.2) is 23.1 Å². The molecule has 0 bridgehead atoms. The van der Waals surface area contributed by atoms with Gasteiger partial charge in [-0.15, -0.1) is 11.8 Å². The highest BCUT2D eigenvalue weighted by molar-refractivity contribution is 7.98. The molecule has 0 saturated heterocycles. The second kappa shape index (κ2) is 4.46. The number of alkyl halides is 2. The molecule has 1 rings (SSSR count). The Hall–Kier alpha value is -0.770. The van der Waals surface area contributed by atoms with Crippen LogP contribution < -0.4 is 4.74 Å². The molecule has 0 amide bonds. The van der Waals surface area contributed by atoms with E-state index < -0.39 is 6.61 Å². The zero-order chi connectivity index (χ0) is 9.84. The molecule has 1 radical (unpaired) electrons. The molecule has 1 aromatic rings. The van der Waals surface area contributed by atoms with Crippen molar-refractivity contribution in [2.24, 2.45) is 0 Å². The fourth-order valence-corrected chi connectivity index (χ4v) is 1.42. The Morgan fingerprint density at radius 1 is 1.38 bits per heavy atom. The predicted octanol–water partition coefficient (Wildman–Crippen LogP) is 3.19. The molecule has 0 aliphatic rings. The Labute approximate surface area is 80.1 Å². The van der Waals surface area contributed by atoms with Crippen LogP contribution in [0.4, 0.5) is 8.78 Å². The third kappa shape index (κ3) is 3.22. The van der Waals surface area contributed by atoms with Crippen LogP contribution in [0, 0.1) is 6.92 Å². The summed E-state index contributed by atoms with van der Waals surface area (Å²) in [6.07, 6.45) is 1.86. The van der Waals surface area contributed by atoms with Crippen molar-refractivity contribution in [1.82, 2.24) is 0 Å². The first-order valence-corrected chi connectivity index (χ1v) is 4.80. The van der Waals surface area contributed by atoms with E-state index in [0.29, 0.717) is 5.56 Å². The van der Waals surface area contributed by atoms with Crippen LogP contribution in [0.2, 0.25) is 0 Å². The average molecular weight is 203 g/mol. The highest BCUT2D eigenvalue weighted by Gasteiger charge is 2.05. The zero-order valence-corrected chi connectivity index (χ0v) is 7.91. The molecule has 0 N–H and O–H groups in total. The smallest absolute Gasteiger partial charge is 0.387 e. The SMILES string of the molecule is [CH2]c1cc(OC(F)F)cc(SC)c1. The maximum Gasteiger partial charge on any atom is 0.387 e. The second-order valence-corrected chi connectivity index (χ2v) is 3.27. The number of benzene rings is 1. The summed E-state index contributed by atoms with van der Waals surface area (Å²) in [5.74, 6) is 0.159. The van der Waals surface area contributed by atoms with Crippen molar-refractivity contribution in [3.8, 4) is 5.75 Å². The van der Waals surface area contributed by atoms with Crippen LogP contribution in [-0.4, -0.2) is 12.9 Å². The van der Waals surface area contributed by atoms with E-state index in [0.717, 1.165) is 4.90 Å². The molecular formula is C9H9F2OS. The van der Waals surface area contributed by atoms with Gasteiger partial charge in [-0.25, -0.2) is 0 Å². The van der Waals surface area contributed by atoms with Gasteiger partial charge in [-0.3, -0.25) is 0 Å². The molecule has 0 fully saturated rings. The van der Waals surface area contributed by atoms with E-state index in [-0.39, 0.29) is 5.75 Å². The monoisotopic (exact) mass is 203 g/mol. The van der Waals surface area contributed by atoms with Gasteiger partial charge in [0.25, 0.3) is 0 Å². The molecule has 0 unspecified atom stereocenters. The summed E-state index contributed by atoms with van der Waals surface area (Å²) in [6.45, 7) is 0.878. The van der Waals surface area contributed by atoms with E-state index in [1.807, 2.05) is 12.3 Å². The van der Waals surface area contributed by atoms with Gasteiger partial charge < -0.3 is 4.74 Å². The van der Waals surface area contributed by atoms with E-state index in [1.165, 1.54) is 17.8 Å². The average Bonchev–Trinajstić information content (AvgIpc) is 2.01. The number of ether oxygens (including phenoxy) is 1. The standard InChI is InChI=1S/C9H9F2OS/c1-6-3-7(12-9(10)11)5-8(4-6)13-2/h3-5,9H,1H2,2H3. The van der Waals surface area contributed by atoms with Crippen molar-refractivity contribution < 1.29 is 13.5 Å². The van der Waals surface area contributed by atoms with Gasteiger partial charge in [-0.1, -0.05) is 0 Å². The Bertz CT molecular complexity index is 289. The predicted molar refractivity (Wildman–Crippen MR) is 49.3 cm³/mol. The summed E-state index contributed by atoms with van der Waals surface area (Å²) >= 11 is 1.46. The fraction of sp³-hybridized carbons (Fsp3) is 0.222. The van der Waals surface area contributed by atoms with E-state index in [2.05, 4.69) is 11.7 Å². The molecule has 13 heavy (non-hydrogen) atoms. The number of halogens is 2. The van der Waals surface area contributed by atoms with Crippen LogP contribution in [-0.2, 0) is 0 Å². The van der Waals surface area contributed by atoms with Crippen molar-refractivity contribution in [3.63, 3.8) is 0 Å². The number of rotatable bonds is 3. The highest BCUT2D eigenvalue weighted by atomic mass is 32.2. The van der Waals surface area contributed by atoms with Crippen molar-refractivity contribution in [2.45, 2.75) is 11.5 Å². The molecule has 71 valence electrons. The van der Waals surface area contributed by atoms with Gasteiger partial charge in [-0.05, 0) is 36.9 Å². The number of hydrogen-bond acceptors (Lipinski definition) is 2. The van der Waals surface area contributed by atoms with Gasteiger partial charge in [0.15, 0.2) is 0 Å². The summed E-state index contributed by atoms with van der Waals surface area (Å²) in [5.41, 5.74) is 0.669. The lowest BCUT2D eigenvalue weighted by Crippen LogP contribution is -2.01. The Morgan fingerprint density at radius 3 is 2.62 bits per heavy atom. The van der Waals surface area contributed by atoms with Gasteiger partial charge in [0.1, 0.15) is 5.75 Å². The molecular weight excluding hydrogens is 194 g/mol. The topological polar surface area (TPSA) is 9.23 Å². The number of thioether (sulfide) groups is 1. The van der Waals surface area contributed by atoms with Crippen LogP contribution >= 0.6 is 11.8 Å². The fourth-order valence-electron chi connectivity index (χ4n) is 0.919. The lowest BCUT2D eigenvalue weighted by Gasteiger charge is -2.06. The zero-order valence-electron chi connectivity index (χ0n) is 7.09. The van der Waals surface area contributed by atoms with E-state index in [9.17, 15) is 8.78 Å². The molecule has 4 heteroatoms. The van der Waals surface area contributed by atoms with Crippen LogP contribution in [0.5, 0.6) is 5.75 Å². The third-order valence-electron chi connectivity index (χ3n) is 1.40. The van der Waals surface area contributed by atoms with Crippen LogP contribution in [0.1, 0.15) is 5.56 Å². The third-order valence-corrected chi connectivity index (χ3v) is 2.11. The highest BCUT2D eigenvalue weighted by Crippen LogP contribution is 2.24. The lowest BCUT2D eigenvalue weighted by molar-refractivity contribution is -0.0499. The minimum absolute atomic E-state index is 0.159. The quantitative estimate of drug-likeness (QED) is 0.698. The summed E-state index contributed by atoms with van der Waals surface area (Å²) in [7, 11) is 0. The molecule has 0 aromatic heterocycles. The maximum atomic E-state index is 11.8. The van der Waals surface area contributed by atoms with Crippen molar-refractivity contribution in [3.05, 3.63) is 30.7 Å². The summed E-state index contributed by atoms with van der Waals surface area (Å²) in [6, 6.07) is 4.85. The van der Waals surface area contributed by atoms with Gasteiger partial charge in [-0.2, -0.15) is 8.78 Å². The lowest BCUT2D eigenvalue weighted by atomic mass is 10.2. The van der Waals surface area contributed by atoms with Crippen molar-refractivity contribution >= 4 is 11.8 Å². The minimum Gasteiger partial charge on any atom is -0.435 e. The molecule has 0 heterocycles. The maximum absolute atomic E-state index is 11.8. The van der Waals surface area contributed by atoms with E-state index >= 15 is 0 Å². The summed E-state index contributed by atoms with van der Waals surface area (Å²) < 4.78 is 27.9. The normalized spacial score (nSPS) is 10.5. The Balaban J connectivity index is 2.88. The Kier molecular flexibility index (Phi) is 3.54. The van der Waals surface area contributed by atoms with Crippen molar-refractivity contribution in [2.75, 3.05) is 6.26 Å². The molecule has 0 aliphatic carbocycles. The molecule has 0 atom stereocenters. The van der Waals surface area contributed by atoms with Gasteiger partial charge in [0.2, 0.25) is 0 Å². The largest absolute Gasteiger partial charge is 0.435 e. The molecule has 1 nitrogen and oxygen atoms in total. The van der Waals surface area contributed by atoms with Gasteiger partial charge in [0.05, 0.1) is 0 Å². The van der Waals surface area contributed by atoms with Crippen LogP contribution in [0.3, 0.4) is 0 Å². The van der Waals surface area contributed by atoms with E-state index in [4.69, 9.17) is 0 Å². The summed E-state index contributed by atoms with van der Waals surface area (Å²) in [5, 5.41) is 0. The number of hydrogen-bond donors (Lipinski definition) is 0. The van der Waals surface area contributed by atoms with Gasteiger partial charge >= 0.3 is 6.61 Å². The molecule has 0 aliphatic heterocycles. The molecule has 0 spiro atoms. The van der Waals surface area contributed by atoms with Crippen molar-refractivity contribution in [1.29, 1.82) is 0 Å².